The van der Waals surface area contributed by atoms with Gasteiger partial charge in [0.25, 0.3) is 5.56 Å². The second-order valence-electron chi connectivity index (χ2n) is 3.81. The number of hydrogen-bond donors (Lipinski definition) is 2. The predicted molar refractivity (Wildman–Crippen MR) is 67.1 cm³/mol. The average Bonchev–Trinajstić information content (AvgIpc) is 2.31. The molecule has 0 bridgehead atoms. The molecule has 0 aromatic carbocycles. The lowest BCUT2D eigenvalue weighted by atomic mass is 10.3. The van der Waals surface area contributed by atoms with Crippen molar-refractivity contribution in [3.63, 3.8) is 0 Å². The summed E-state index contributed by atoms with van der Waals surface area (Å²) in [5, 5.41) is 14.9. The summed E-state index contributed by atoms with van der Waals surface area (Å²) in [6, 6.07) is 0. The Morgan fingerprint density at radius 1 is 1.42 bits per heavy atom. The number of aliphatic hydroxyl groups excluding tert-OH is 1. The summed E-state index contributed by atoms with van der Waals surface area (Å²) in [6.45, 7) is -0.868. The van der Waals surface area contributed by atoms with Gasteiger partial charge in [-0.15, -0.1) is 0 Å². The molecule has 0 aliphatic rings. The molecule has 0 saturated carbocycles. The number of hydrogen-bond acceptors (Lipinski definition) is 4. The van der Waals surface area contributed by atoms with Gasteiger partial charge in [-0.05, 0) is 28.8 Å². The monoisotopic (exact) mass is 343 g/mol. The van der Waals surface area contributed by atoms with E-state index in [1.54, 1.807) is 0 Å². The maximum Gasteiger partial charge on any atom is 0.408 e. The first-order valence-electron chi connectivity index (χ1n) is 5.52. The van der Waals surface area contributed by atoms with Gasteiger partial charge in [-0.3, -0.25) is 4.79 Å². The molecule has 0 saturated heterocycles. The Labute approximate surface area is 115 Å². The third-order valence-electron chi connectivity index (χ3n) is 2.21. The summed E-state index contributed by atoms with van der Waals surface area (Å²) in [6.07, 6.45) is -2.06. The molecule has 0 amide bonds. The number of unbranched alkanes of at least 4 members (excludes halogenated alkanes) is 1. The van der Waals surface area contributed by atoms with Gasteiger partial charge in [-0.25, -0.2) is 4.68 Å². The highest BCUT2D eigenvalue weighted by Gasteiger charge is 2.29. The van der Waals surface area contributed by atoms with Crippen molar-refractivity contribution in [2.24, 2.45) is 0 Å². The van der Waals surface area contributed by atoms with Gasteiger partial charge in [0, 0.05) is 13.2 Å². The van der Waals surface area contributed by atoms with Crippen molar-refractivity contribution in [2.45, 2.75) is 25.6 Å². The van der Waals surface area contributed by atoms with E-state index in [2.05, 4.69) is 26.3 Å². The van der Waals surface area contributed by atoms with Crippen LogP contribution in [0.25, 0.3) is 0 Å². The van der Waals surface area contributed by atoms with E-state index in [0.29, 0.717) is 29.8 Å². The Bertz CT molecular complexity index is 476. The highest BCUT2D eigenvalue weighted by Crippen LogP contribution is 2.19. The second-order valence-corrected chi connectivity index (χ2v) is 4.60. The van der Waals surface area contributed by atoms with Crippen LogP contribution < -0.4 is 10.9 Å². The number of nitrogens with one attached hydrogen (secondary N) is 1. The minimum atomic E-state index is -4.49. The number of anilines is 1. The topological polar surface area (TPSA) is 67.2 Å². The zero-order valence-electron chi connectivity index (χ0n) is 9.87. The molecular formula is C10H13BrF3N3O2. The maximum absolute atomic E-state index is 12.2. The Balaban J connectivity index is 2.77. The number of nitrogens with zero attached hydrogens (tertiary/aromatic N) is 2. The number of aliphatic hydroxyl groups is 1. The van der Waals surface area contributed by atoms with Gasteiger partial charge in [-0.2, -0.15) is 18.3 Å². The van der Waals surface area contributed by atoms with Crippen LogP contribution in [0.5, 0.6) is 0 Å². The summed E-state index contributed by atoms with van der Waals surface area (Å²) >= 11 is 2.96. The first-order chi connectivity index (χ1) is 8.85. The first-order valence-corrected chi connectivity index (χ1v) is 6.31. The van der Waals surface area contributed by atoms with Crippen LogP contribution in [-0.4, -0.2) is 34.2 Å². The molecule has 0 unspecified atom stereocenters. The van der Waals surface area contributed by atoms with E-state index in [1.807, 2.05) is 0 Å². The van der Waals surface area contributed by atoms with E-state index < -0.39 is 18.3 Å². The summed E-state index contributed by atoms with van der Waals surface area (Å²) < 4.78 is 36.9. The third-order valence-corrected chi connectivity index (χ3v) is 2.98. The Morgan fingerprint density at radius 2 is 2.11 bits per heavy atom. The molecule has 0 aliphatic heterocycles. The van der Waals surface area contributed by atoms with Crippen LogP contribution in [0.3, 0.4) is 0 Å². The molecule has 5 nitrogen and oxygen atoms in total. The van der Waals surface area contributed by atoms with Gasteiger partial charge in [0.15, 0.2) is 0 Å². The molecule has 0 aliphatic carbocycles. The van der Waals surface area contributed by atoms with Gasteiger partial charge >= 0.3 is 6.18 Å². The van der Waals surface area contributed by atoms with E-state index in [9.17, 15) is 18.0 Å². The SMILES string of the molecule is O=c1c(Br)c(NCCCCO)cnn1CC(F)(F)F. The number of rotatable bonds is 6. The van der Waals surface area contributed by atoms with Crippen molar-refractivity contribution in [3.8, 4) is 0 Å². The molecule has 1 aromatic heterocycles. The van der Waals surface area contributed by atoms with Crippen molar-refractivity contribution < 1.29 is 18.3 Å². The Morgan fingerprint density at radius 3 is 2.68 bits per heavy atom. The summed E-state index contributed by atoms with van der Waals surface area (Å²) in [5.74, 6) is 0. The molecule has 2 N–H and O–H groups in total. The van der Waals surface area contributed by atoms with E-state index >= 15 is 0 Å². The standard InChI is InChI=1S/C10H13BrF3N3O2/c11-8-7(15-3-1-2-4-18)5-16-17(9(8)19)6-10(12,13)14/h5,15,18H,1-4,6H2. The van der Waals surface area contributed by atoms with Crippen molar-refractivity contribution in [2.75, 3.05) is 18.5 Å². The molecule has 19 heavy (non-hydrogen) atoms. The van der Waals surface area contributed by atoms with Crippen molar-refractivity contribution in [1.29, 1.82) is 0 Å². The van der Waals surface area contributed by atoms with E-state index in [4.69, 9.17) is 5.11 Å². The molecule has 1 rings (SSSR count). The molecule has 108 valence electrons. The molecule has 9 heteroatoms. The van der Waals surface area contributed by atoms with Crippen LogP contribution in [0, 0.1) is 0 Å². The van der Waals surface area contributed by atoms with E-state index in [1.165, 1.54) is 0 Å². The predicted octanol–water partition coefficient (Wildman–Crippen LogP) is 1.75. The smallest absolute Gasteiger partial charge is 0.396 e. The maximum atomic E-state index is 12.2. The van der Waals surface area contributed by atoms with Gasteiger partial charge in [-0.1, -0.05) is 0 Å². The Kier molecular flexibility index (Phi) is 5.80. The minimum Gasteiger partial charge on any atom is -0.396 e. The fraction of sp³-hybridized carbons (Fsp3) is 0.600. The van der Waals surface area contributed by atoms with Crippen molar-refractivity contribution in [3.05, 3.63) is 21.0 Å². The lowest BCUT2D eigenvalue weighted by Gasteiger charge is -2.11. The van der Waals surface area contributed by atoms with Crippen molar-refractivity contribution >= 4 is 21.6 Å². The quantitative estimate of drug-likeness (QED) is 0.772. The van der Waals surface area contributed by atoms with Gasteiger partial charge in [0.1, 0.15) is 11.0 Å². The largest absolute Gasteiger partial charge is 0.408 e. The molecule has 0 atom stereocenters. The molecule has 0 fully saturated rings. The summed E-state index contributed by atoms with van der Waals surface area (Å²) in [5.41, 5.74) is -0.508. The lowest BCUT2D eigenvalue weighted by molar-refractivity contribution is -0.143. The molecular weight excluding hydrogens is 331 g/mol. The fourth-order valence-corrected chi connectivity index (χ4v) is 1.78. The summed E-state index contributed by atoms with van der Waals surface area (Å²) in [7, 11) is 0. The van der Waals surface area contributed by atoms with Crippen LogP contribution in [-0.2, 0) is 6.54 Å². The van der Waals surface area contributed by atoms with Crippen LogP contribution in [0.4, 0.5) is 18.9 Å². The third kappa shape index (κ3) is 5.19. The van der Waals surface area contributed by atoms with Crippen LogP contribution in [0.15, 0.2) is 15.5 Å². The van der Waals surface area contributed by atoms with Crippen molar-refractivity contribution in [1.82, 2.24) is 9.78 Å². The van der Waals surface area contributed by atoms with Gasteiger partial charge in [0.2, 0.25) is 0 Å². The fourth-order valence-electron chi connectivity index (χ4n) is 1.33. The highest BCUT2D eigenvalue weighted by atomic mass is 79.9. The molecule has 0 radical (unpaired) electrons. The Hall–Kier alpha value is -1.09. The van der Waals surface area contributed by atoms with E-state index in [-0.39, 0.29) is 11.1 Å². The van der Waals surface area contributed by atoms with Crippen LogP contribution in [0.1, 0.15) is 12.8 Å². The second kappa shape index (κ2) is 6.90. The first kappa shape index (κ1) is 16.0. The number of alkyl halides is 3. The van der Waals surface area contributed by atoms with Crippen LogP contribution >= 0.6 is 15.9 Å². The zero-order valence-corrected chi connectivity index (χ0v) is 11.5. The lowest BCUT2D eigenvalue weighted by Crippen LogP contribution is -2.31. The molecule has 0 spiro atoms. The normalized spacial score (nSPS) is 11.6. The zero-order chi connectivity index (χ0) is 14.5. The van der Waals surface area contributed by atoms with Gasteiger partial charge < -0.3 is 10.4 Å². The average molecular weight is 344 g/mol. The number of halogens is 4. The highest BCUT2D eigenvalue weighted by molar-refractivity contribution is 9.10. The van der Waals surface area contributed by atoms with E-state index in [0.717, 1.165) is 6.20 Å². The van der Waals surface area contributed by atoms with Crippen LogP contribution in [0.2, 0.25) is 0 Å². The summed E-state index contributed by atoms with van der Waals surface area (Å²) in [4.78, 5) is 11.6. The van der Waals surface area contributed by atoms with Gasteiger partial charge in [0.05, 0.1) is 11.9 Å². The molecule has 1 aromatic rings. The number of aromatic nitrogens is 2. The minimum absolute atomic E-state index is 0.00995. The molecule has 1 heterocycles.